The predicted molar refractivity (Wildman–Crippen MR) is 66.1 cm³/mol. The Kier molecular flexibility index (Phi) is 4.19. The van der Waals surface area contributed by atoms with E-state index in [4.69, 9.17) is 5.73 Å². The molecule has 1 aromatic rings. The molecule has 1 saturated carbocycles. The van der Waals surface area contributed by atoms with Crippen molar-refractivity contribution in [3.05, 3.63) is 29.3 Å². The molecule has 0 aliphatic heterocycles. The van der Waals surface area contributed by atoms with Crippen LogP contribution in [0, 0.1) is 11.6 Å². The van der Waals surface area contributed by atoms with Crippen molar-refractivity contribution in [2.45, 2.75) is 30.3 Å². The zero-order chi connectivity index (χ0) is 13.1. The maximum absolute atomic E-state index is 13.7. The van der Waals surface area contributed by atoms with E-state index in [1.807, 2.05) is 0 Å². The number of rotatable bonds is 6. The number of hydrogen-bond donors (Lipinski definition) is 2. The van der Waals surface area contributed by atoms with Gasteiger partial charge in [-0.15, -0.1) is 11.8 Å². The van der Waals surface area contributed by atoms with Crippen molar-refractivity contribution in [3.8, 4) is 0 Å². The van der Waals surface area contributed by atoms with Gasteiger partial charge in [-0.1, -0.05) is 0 Å². The van der Waals surface area contributed by atoms with E-state index >= 15 is 0 Å². The summed E-state index contributed by atoms with van der Waals surface area (Å²) in [7, 11) is 0. The van der Waals surface area contributed by atoms with Crippen molar-refractivity contribution >= 4 is 17.7 Å². The summed E-state index contributed by atoms with van der Waals surface area (Å²) >= 11 is 0.782. The molecule has 98 valence electrons. The van der Waals surface area contributed by atoms with Crippen molar-refractivity contribution in [1.29, 1.82) is 0 Å². The molecule has 0 atom stereocenters. The number of carbonyl (C=O) groups excluding carboxylic acids is 1. The van der Waals surface area contributed by atoms with Gasteiger partial charge < -0.3 is 11.1 Å². The van der Waals surface area contributed by atoms with E-state index in [9.17, 15) is 13.6 Å². The zero-order valence-corrected chi connectivity index (χ0v) is 10.5. The lowest BCUT2D eigenvalue weighted by Crippen LogP contribution is -2.16. The normalized spacial score (nSPS) is 14.8. The highest BCUT2D eigenvalue weighted by atomic mass is 32.2. The van der Waals surface area contributed by atoms with Crippen LogP contribution < -0.4 is 11.1 Å². The summed E-state index contributed by atoms with van der Waals surface area (Å²) < 4.78 is 27.3. The summed E-state index contributed by atoms with van der Waals surface area (Å²) in [6.45, 7) is 0.458. The SMILES string of the molecule is NC(=O)CSc1c(F)cc(CNC2CC2)cc1F. The lowest BCUT2D eigenvalue weighted by Gasteiger charge is -2.08. The van der Waals surface area contributed by atoms with Crippen LogP contribution in [0.15, 0.2) is 17.0 Å². The Morgan fingerprint density at radius 1 is 1.39 bits per heavy atom. The maximum Gasteiger partial charge on any atom is 0.227 e. The third-order valence-corrected chi connectivity index (χ3v) is 3.70. The Bertz CT molecular complexity index is 440. The van der Waals surface area contributed by atoms with Gasteiger partial charge in [0.15, 0.2) is 0 Å². The Morgan fingerprint density at radius 3 is 2.50 bits per heavy atom. The Labute approximate surface area is 108 Å². The fourth-order valence-electron chi connectivity index (χ4n) is 1.55. The number of amides is 1. The van der Waals surface area contributed by atoms with Gasteiger partial charge in [-0.25, -0.2) is 8.78 Å². The third kappa shape index (κ3) is 3.68. The van der Waals surface area contributed by atoms with E-state index < -0.39 is 17.5 Å². The standard InChI is InChI=1S/C12H14F2N2OS/c13-9-3-7(5-16-8-1-2-8)4-10(14)12(9)18-6-11(15)17/h3-4,8,16H,1-2,5-6H2,(H2,15,17). The molecular weight excluding hydrogens is 258 g/mol. The van der Waals surface area contributed by atoms with Crippen molar-refractivity contribution in [2.75, 3.05) is 5.75 Å². The highest BCUT2D eigenvalue weighted by molar-refractivity contribution is 8.00. The minimum atomic E-state index is -0.645. The minimum Gasteiger partial charge on any atom is -0.369 e. The van der Waals surface area contributed by atoms with Gasteiger partial charge in [-0.3, -0.25) is 4.79 Å². The molecule has 0 bridgehead atoms. The molecule has 6 heteroatoms. The first kappa shape index (κ1) is 13.3. The van der Waals surface area contributed by atoms with Gasteiger partial charge in [0, 0.05) is 12.6 Å². The molecule has 1 aliphatic rings. The zero-order valence-electron chi connectivity index (χ0n) is 9.71. The molecule has 0 radical (unpaired) electrons. The topological polar surface area (TPSA) is 55.1 Å². The van der Waals surface area contributed by atoms with Crippen LogP contribution in [0.3, 0.4) is 0 Å². The summed E-state index contributed by atoms with van der Waals surface area (Å²) in [4.78, 5) is 10.4. The van der Waals surface area contributed by atoms with Gasteiger partial charge >= 0.3 is 0 Å². The van der Waals surface area contributed by atoms with Gasteiger partial charge in [0.1, 0.15) is 11.6 Å². The number of nitrogens with two attached hydrogens (primary N) is 1. The monoisotopic (exact) mass is 272 g/mol. The molecular formula is C12H14F2N2OS. The first-order valence-corrected chi connectivity index (χ1v) is 6.67. The molecule has 18 heavy (non-hydrogen) atoms. The molecule has 0 spiro atoms. The molecule has 1 aromatic carbocycles. The van der Waals surface area contributed by atoms with Crippen LogP contribution in [0.1, 0.15) is 18.4 Å². The van der Waals surface area contributed by atoms with E-state index in [2.05, 4.69) is 5.32 Å². The highest BCUT2D eigenvalue weighted by Crippen LogP contribution is 2.26. The average Bonchev–Trinajstić information content (AvgIpc) is 3.08. The minimum absolute atomic E-state index is 0.131. The summed E-state index contributed by atoms with van der Waals surface area (Å²) in [5, 5.41) is 3.18. The summed E-state index contributed by atoms with van der Waals surface area (Å²) in [5.41, 5.74) is 5.51. The largest absolute Gasteiger partial charge is 0.369 e. The summed E-state index contributed by atoms with van der Waals surface area (Å²) in [6, 6.07) is 3.07. The molecule has 0 unspecified atom stereocenters. The predicted octanol–water partition coefficient (Wildman–Crippen LogP) is 1.79. The number of thioether (sulfide) groups is 1. The van der Waals surface area contributed by atoms with E-state index in [-0.39, 0.29) is 10.6 Å². The second-order valence-corrected chi connectivity index (χ2v) is 5.28. The first-order chi connectivity index (χ1) is 8.56. The fraction of sp³-hybridized carbons (Fsp3) is 0.417. The molecule has 0 saturated heterocycles. The van der Waals surface area contributed by atoms with Crippen molar-refractivity contribution < 1.29 is 13.6 Å². The maximum atomic E-state index is 13.7. The second kappa shape index (κ2) is 5.67. The van der Waals surface area contributed by atoms with E-state index in [0.717, 1.165) is 24.6 Å². The van der Waals surface area contributed by atoms with Crippen LogP contribution in [0.4, 0.5) is 8.78 Å². The smallest absolute Gasteiger partial charge is 0.227 e. The lowest BCUT2D eigenvalue weighted by molar-refractivity contribution is -0.115. The van der Waals surface area contributed by atoms with Crippen molar-refractivity contribution in [2.24, 2.45) is 5.73 Å². The van der Waals surface area contributed by atoms with Gasteiger partial charge in [0.05, 0.1) is 10.6 Å². The van der Waals surface area contributed by atoms with Crippen LogP contribution in [-0.2, 0) is 11.3 Å². The number of benzene rings is 1. The van der Waals surface area contributed by atoms with Crippen LogP contribution in [0.5, 0.6) is 0 Å². The summed E-state index contributed by atoms with van der Waals surface area (Å²) in [6.07, 6.45) is 2.25. The highest BCUT2D eigenvalue weighted by Gasteiger charge is 2.20. The van der Waals surface area contributed by atoms with Gasteiger partial charge in [-0.05, 0) is 30.5 Å². The number of carbonyl (C=O) groups is 1. The van der Waals surface area contributed by atoms with Crippen molar-refractivity contribution in [3.63, 3.8) is 0 Å². The molecule has 1 fully saturated rings. The first-order valence-electron chi connectivity index (χ1n) is 5.68. The number of halogens is 2. The molecule has 3 N–H and O–H groups in total. The molecule has 0 heterocycles. The molecule has 0 aromatic heterocycles. The van der Waals surface area contributed by atoms with Crippen molar-refractivity contribution in [1.82, 2.24) is 5.32 Å². The van der Waals surface area contributed by atoms with Gasteiger partial charge in [0.2, 0.25) is 5.91 Å². The number of hydrogen-bond acceptors (Lipinski definition) is 3. The third-order valence-electron chi connectivity index (χ3n) is 2.59. The Balaban J connectivity index is 2.04. The molecule has 3 nitrogen and oxygen atoms in total. The van der Waals surface area contributed by atoms with Crippen LogP contribution >= 0.6 is 11.8 Å². The Morgan fingerprint density at radius 2 is 2.00 bits per heavy atom. The van der Waals surface area contributed by atoms with E-state index in [0.29, 0.717) is 18.2 Å². The molecule has 1 aliphatic carbocycles. The van der Waals surface area contributed by atoms with E-state index in [1.54, 1.807) is 0 Å². The average molecular weight is 272 g/mol. The Hall–Kier alpha value is -1.14. The van der Waals surface area contributed by atoms with Crippen LogP contribution in [0.25, 0.3) is 0 Å². The lowest BCUT2D eigenvalue weighted by atomic mass is 10.2. The van der Waals surface area contributed by atoms with Crippen LogP contribution in [-0.4, -0.2) is 17.7 Å². The fourth-order valence-corrected chi connectivity index (χ4v) is 2.23. The second-order valence-electron chi connectivity index (χ2n) is 4.30. The summed E-state index contributed by atoms with van der Waals surface area (Å²) in [5.74, 6) is -2.02. The molecule has 2 rings (SSSR count). The number of primary amides is 1. The molecule has 1 amide bonds. The number of nitrogens with one attached hydrogen (secondary N) is 1. The quantitative estimate of drug-likeness (QED) is 0.776. The van der Waals surface area contributed by atoms with Gasteiger partial charge in [-0.2, -0.15) is 0 Å². The van der Waals surface area contributed by atoms with Crippen LogP contribution in [0.2, 0.25) is 0 Å². The van der Waals surface area contributed by atoms with Gasteiger partial charge in [0.25, 0.3) is 0 Å². The van der Waals surface area contributed by atoms with E-state index in [1.165, 1.54) is 12.1 Å².